The maximum Gasteiger partial charge on any atom is 0.264 e. The summed E-state index contributed by atoms with van der Waals surface area (Å²) in [6.07, 6.45) is 6.93. The number of carbonyl (C=O) groups is 1. The Morgan fingerprint density at radius 1 is 1.60 bits per heavy atom. The van der Waals surface area contributed by atoms with Gasteiger partial charge in [0.1, 0.15) is 10.7 Å². The van der Waals surface area contributed by atoms with E-state index in [1.54, 1.807) is 12.1 Å². The molecule has 0 aliphatic rings. The number of amides is 1. The van der Waals surface area contributed by atoms with Gasteiger partial charge in [-0.1, -0.05) is 25.3 Å². The van der Waals surface area contributed by atoms with Crippen LogP contribution < -0.4 is 11.1 Å². The van der Waals surface area contributed by atoms with Crippen molar-refractivity contribution in [2.75, 3.05) is 5.73 Å². The molecule has 2 rings (SSSR count). The molecule has 0 saturated heterocycles. The lowest BCUT2D eigenvalue weighted by atomic mass is 10.1. The summed E-state index contributed by atoms with van der Waals surface area (Å²) in [7, 11) is 0. The Kier molecular flexibility index (Phi) is 4.26. The van der Waals surface area contributed by atoms with Crippen LogP contribution in [-0.2, 0) is 0 Å². The first kappa shape index (κ1) is 14.4. The molecule has 1 aromatic heterocycles. The van der Waals surface area contributed by atoms with Crippen LogP contribution in [0.1, 0.15) is 29.4 Å². The van der Waals surface area contributed by atoms with E-state index < -0.39 is 5.82 Å². The molecule has 0 bridgehead atoms. The predicted octanol–water partition coefficient (Wildman–Crippen LogP) is 3.15. The molecule has 1 unspecified atom stereocenters. The molecule has 1 atom stereocenters. The average molecular weight is 290 g/mol. The molecule has 5 heteroatoms. The lowest BCUT2D eigenvalue weighted by molar-refractivity contribution is 0.0949. The second-order valence-electron chi connectivity index (χ2n) is 4.44. The maximum atomic E-state index is 13.7. The normalized spacial score (nSPS) is 12.1. The van der Waals surface area contributed by atoms with E-state index in [2.05, 4.69) is 11.2 Å². The Bertz CT molecular complexity index is 687. The fourth-order valence-corrected chi connectivity index (χ4v) is 3.05. The van der Waals surface area contributed by atoms with Crippen LogP contribution in [-0.4, -0.2) is 11.9 Å². The van der Waals surface area contributed by atoms with Gasteiger partial charge in [0.2, 0.25) is 0 Å². The molecule has 0 spiro atoms. The smallest absolute Gasteiger partial charge is 0.264 e. The molecule has 104 valence electrons. The summed E-state index contributed by atoms with van der Waals surface area (Å²) >= 11 is 1.17. The van der Waals surface area contributed by atoms with Crippen LogP contribution in [0.25, 0.3) is 10.1 Å². The third-order valence-corrected chi connectivity index (χ3v) is 4.16. The molecule has 3 N–H and O–H groups in total. The van der Waals surface area contributed by atoms with E-state index in [0.29, 0.717) is 21.4 Å². The van der Waals surface area contributed by atoms with Gasteiger partial charge in [0.05, 0.1) is 17.1 Å². The van der Waals surface area contributed by atoms with Gasteiger partial charge in [0.25, 0.3) is 5.91 Å². The second kappa shape index (κ2) is 5.93. The zero-order chi connectivity index (χ0) is 14.7. The van der Waals surface area contributed by atoms with E-state index in [9.17, 15) is 9.18 Å². The number of nitrogens with one attached hydrogen (secondary N) is 1. The van der Waals surface area contributed by atoms with Gasteiger partial charge in [-0.25, -0.2) is 4.39 Å². The van der Waals surface area contributed by atoms with Crippen molar-refractivity contribution in [1.29, 1.82) is 0 Å². The molecule has 1 aromatic carbocycles. The first-order valence-electron chi connectivity index (χ1n) is 6.32. The molecule has 1 amide bonds. The van der Waals surface area contributed by atoms with E-state index in [4.69, 9.17) is 12.2 Å². The highest BCUT2D eigenvalue weighted by molar-refractivity contribution is 7.21. The minimum atomic E-state index is -0.419. The van der Waals surface area contributed by atoms with Crippen molar-refractivity contribution in [3.8, 4) is 12.3 Å². The minimum absolute atomic E-state index is 0.174. The van der Waals surface area contributed by atoms with E-state index in [1.807, 2.05) is 6.92 Å². The van der Waals surface area contributed by atoms with Crippen LogP contribution in [0.2, 0.25) is 0 Å². The number of nitrogens with two attached hydrogens (primary N) is 1. The SMILES string of the molecule is C#CC(CCC)NC(=O)c1sc2cccc(F)c2c1N. The fourth-order valence-electron chi connectivity index (χ4n) is 2.01. The van der Waals surface area contributed by atoms with Crippen LogP contribution in [0.5, 0.6) is 0 Å². The number of nitrogen functional groups attached to an aromatic ring is 1. The Morgan fingerprint density at radius 3 is 2.95 bits per heavy atom. The highest BCUT2D eigenvalue weighted by Crippen LogP contribution is 2.35. The number of halogens is 1. The summed E-state index contributed by atoms with van der Waals surface area (Å²) in [6.45, 7) is 1.99. The monoisotopic (exact) mass is 290 g/mol. The molecule has 0 radical (unpaired) electrons. The lowest BCUT2D eigenvalue weighted by Gasteiger charge is -2.11. The van der Waals surface area contributed by atoms with Crippen molar-refractivity contribution >= 4 is 33.0 Å². The predicted molar refractivity (Wildman–Crippen MR) is 81.2 cm³/mol. The highest BCUT2D eigenvalue weighted by Gasteiger charge is 2.20. The van der Waals surface area contributed by atoms with E-state index >= 15 is 0 Å². The van der Waals surface area contributed by atoms with Crippen LogP contribution >= 0.6 is 11.3 Å². The van der Waals surface area contributed by atoms with E-state index in [1.165, 1.54) is 17.4 Å². The van der Waals surface area contributed by atoms with Gasteiger partial charge in [-0.05, 0) is 18.6 Å². The number of hydrogen-bond acceptors (Lipinski definition) is 3. The third kappa shape index (κ3) is 2.61. The fraction of sp³-hybridized carbons (Fsp3) is 0.267. The van der Waals surface area contributed by atoms with E-state index in [0.717, 1.165) is 6.42 Å². The van der Waals surface area contributed by atoms with Crippen LogP contribution in [0.3, 0.4) is 0 Å². The van der Waals surface area contributed by atoms with Gasteiger partial charge >= 0.3 is 0 Å². The Morgan fingerprint density at radius 2 is 2.35 bits per heavy atom. The number of rotatable bonds is 4. The molecular formula is C15H15FN2OS. The van der Waals surface area contributed by atoms with Gasteiger partial charge in [-0.15, -0.1) is 17.8 Å². The first-order valence-corrected chi connectivity index (χ1v) is 7.13. The van der Waals surface area contributed by atoms with Gasteiger partial charge in [-0.3, -0.25) is 4.79 Å². The number of fused-ring (bicyclic) bond motifs is 1. The topological polar surface area (TPSA) is 55.1 Å². The number of terminal acetylenes is 1. The molecule has 0 aliphatic carbocycles. The van der Waals surface area contributed by atoms with Crippen LogP contribution in [0.4, 0.5) is 10.1 Å². The molecule has 1 heterocycles. The quantitative estimate of drug-likeness (QED) is 0.850. The maximum absolute atomic E-state index is 13.7. The van der Waals surface area contributed by atoms with Crippen molar-refractivity contribution in [2.45, 2.75) is 25.8 Å². The summed E-state index contributed by atoms with van der Waals surface area (Å²) in [5, 5.41) is 3.04. The zero-order valence-electron chi connectivity index (χ0n) is 11.1. The van der Waals surface area contributed by atoms with Crippen LogP contribution in [0.15, 0.2) is 18.2 Å². The second-order valence-corrected chi connectivity index (χ2v) is 5.49. The molecular weight excluding hydrogens is 275 g/mol. The summed E-state index contributed by atoms with van der Waals surface area (Å²) in [4.78, 5) is 12.5. The van der Waals surface area contributed by atoms with Crippen molar-refractivity contribution in [1.82, 2.24) is 5.32 Å². The van der Waals surface area contributed by atoms with Gasteiger partial charge < -0.3 is 11.1 Å². The molecule has 2 aromatic rings. The zero-order valence-corrected chi connectivity index (χ0v) is 11.9. The molecule has 0 saturated carbocycles. The largest absolute Gasteiger partial charge is 0.397 e. The number of carbonyl (C=O) groups excluding carboxylic acids is 1. The van der Waals surface area contributed by atoms with Crippen molar-refractivity contribution in [3.05, 3.63) is 28.9 Å². The summed E-state index contributed by atoms with van der Waals surface area (Å²) in [5.41, 5.74) is 6.06. The van der Waals surface area contributed by atoms with Gasteiger partial charge in [0.15, 0.2) is 0 Å². The van der Waals surface area contributed by atoms with Crippen LogP contribution in [0, 0.1) is 18.2 Å². The first-order chi connectivity index (χ1) is 9.58. The summed E-state index contributed by atoms with van der Waals surface area (Å²) in [5.74, 6) is 1.76. The Hall–Kier alpha value is -2.06. The summed E-state index contributed by atoms with van der Waals surface area (Å²) < 4.78 is 14.4. The number of thiophene rings is 1. The summed E-state index contributed by atoms with van der Waals surface area (Å²) in [6, 6.07) is 4.33. The van der Waals surface area contributed by atoms with Gasteiger partial charge in [-0.2, -0.15) is 0 Å². The molecule has 0 fully saturated rings. The van der Waals surface area contributed by atoms with Crippen molar-refractivity contribution in [2.24, 2.45) is 0 Å². The molecule has 3 nitrogen and oxygen atoms in total. The number of benzene rings is 1. The number of anilines is 1. The number of hydrogen-bond donors (Lipinski definition) is 2. The Labute approximate surface area is 121 Å². The highest BCUT2D eigenvalue weighted by atomic mass is 32.1. The Balaban J connectivity index is 2.34. The average Bonchev–Trinajstić information content (AvgIpc) is 2.77. The molecule has 20 heavy (non-hydrogen) atoms. The van der Waals surface area contributed by atoms with Gasteiger partial charge in [0, 0.05) is 4.70 Å². The lowest BCUT2D eigenvalue weighted by Crippen LogP contribution is -2.33. The van der Waals surface area contributed by atoms with Crippen molar-refractivity contribution < 1.29 is 9.18 Å². The van der Waals surface area contributed by atoms with Crippen molar-refractivity contribution in [3.63, 3.8) is 0 Å². The third-order valence-electron chi connectivity index (χ3n) is 2.99. The van der Waals surface area contributed by atoms with E-state index in [-0.39, 0.29) is 17.6 Å². The minimum Gasteiger partial charge on any atom is -0.397 e. The standard InChI is InChI=1S/C15H15FN2OS/c1-3-6-9(4-2)18-15(19)14-13(17)12-10(16)7-5-8-11(12)20-14/h2,5,7-9H,3,6,17H2,1H3,(H,18,19). The molecule has 0 aliphatic heterocycles.